The van der Waals surface area contributed by atoms with Gasteiger partial charge in [-0.15, -0.1) is 11.8 Å². The summed E-state index contributed by atoms with van der Waals surface area (Å²) in [5.41, 5.74) is 2.36. The third-order valence-corrected chi connectivity index (χ3v) is 6.30. The summed E-state index contributed by atoms with van der Waals surface area (Å²) in [7, 11) is 0. The number of likely N-dealkylation sites (tertiary alicyclic amines) is 1. The summed E-state index contributed by atoms with van der Waals surface area (Å²) < 4.78 is 10.6. The van der Waals surface area contributed by atoms with Gasteiger partial charge in [-0.2, -0.15) is 0 Å². The van der Waals surface area contributed by atoms with Crippen LogP contribution in [0.2, 0.25) is 0 Å². The van der Waals surface area contributed by atoms with Crippen LogP contribution in [0, 0.1) is 13.8 Å². The van der Waals surface area contributed by atoms with E-state index in [2.05, 4.69) is 5.16 Å². The molecule has 1 aromatic carbocycles. The van der Waals surface area contributed by atoms with Gasteiger partial charge in [0.2, 0.25) is 0 Å². The molecule has 6 nitrogen and oxygen atoms in total. The van der Waals surface area contributed by atoms with Crippen LogP contribution in [0.15, 0.2) is 33.7 Å². The van der Waals surface area contributed by atoms with Crippen LogP contribution >= 0.6 is 11.8 Å². The number of nitrogens with zero attached hydrogens (tertiary/aromatic N) is 2. The number of carbonyl (C=O) groups excluding carboxylic acids is 2. The minimum atomic E-state index is -0.466. The molecule has 156 valence electrons. The number of aromatic nitrogens is 1. The molecule has 1 fully saturated rings. The van der Waals surface area contributed by atoms with Gasteiger partial charge in [-0.3, -0.25) is 4.79 Å². The molecular formula is C22H28N2O4S. The molecule has 0 spiro atoms. The van der Waals surface area contributed by atoms with Crippen LogP contribution in [0.3, 0.4) is 0 Å². The monoisotopic (exact) mass is 416 g/mol. The van der Waals surface area contributed by atoms with E-state index < -0.39 is 5.97 Å². The Morgan fingerprint density at radius 2 is 1.79 bits per heavy atom. The van der Waals surface area contributed by atoms with Crippen molar-refractivity contribution in [2.45, 2.75) is 56.6 Å². The Kier molecular flexibility index (Phi) is 7.75. The Hall–Kier alpha value is -2.28. The summed E-state index contributed by atoms with van der Waals surface area (Å²) in [5.74, 6) is 0.861. The van der Waals surface area contributed by atoms with Crippen molar-refractivity contribution in [3.63, 3.8) is 0 Å². The number of benzene rings is 1. The number of ether oxygens (including phenoxy) is 1. The smallest absolute Gasteiger partial charge is 0.339 e. The average molecular weight is 417 g/mol. The third kappa shape index (κ3) is 5.85. The van der Waals surface area contributed by atoms with Crippen LogP contribution in [-0.2, 0) is 15.3 Å². The SMILES string of the molecule is Cc1noc(C)c1CSc1ccccc1C(=O)OCC(=O)N1CCCCCCC1. The second-order valence-corrected chi connectivity index (χ2v) is 8.33. The zero-order chi connectivity index (χ0) is 20.6. The molecular weight excluding hydrogens is 388 g/mol. The van der Waals surface area contributed by atoms with Crippen molar-refractivity contribution in [2.75, 3.05) is 19.7 Å². The van der Waals surface area contributed by atoms with Gasteiger partial charge >= 0.3 is 5.97 Å². The van der Waals surface area contributed by atoms with E-state index in [1.54, 1.807) is 12.1 Å². The van der Waals surface area contributed by atoms with Gasteiger partial charge in [0.05, 0.1) is 11.3 Å². The normalized spacial score (nSPS) is 14.9. The van der Waals surface area contributed by atoms with Gasteiger partial charge in [0.15, 0.2) is 6.61 Å². The molecule has 1 saturated heterocycles. The highest BCUT2D eigenvalue weighted by molar-refractivity contribution is 7.98. The molecule has 1 aliphatic heterocycles. The quantitative estimate of drug-likeness (QED) is 0.509. The zero-order valence-electron chi connectivity index (χ0n) is 17.1. The van der Waals surface area contributed by atoms with Crippen molar-refractivity contribution < 1.29 is 18.8 Å². The number of carbonyl (C=O) groups is 2. The standard InChI is InChI=1S/C22H28N2O4S/c1-16-19(17(2)28-23-16)15-29-20-11-7-6-10-18(20)22(26)27-14-21(25)24-12-8-4-3-5-9-13-24/h6-7,10-11H,3-5,8-9,12-15H2,1-2H3. The number of aryl methyl sites for hydroxylation is 2. The number of esters is 1. The molecule has 0 saturated carbocycles. The molecule has 0 unspecified atom stereocenters. The lowest BCUT2D eigenvalue weighted by atomic mass is 10.1. The maximum atomic E-state index is 12.6. The van der Waals surface area contributed by atoms with Gasteiger partial charge in [0, 0.05) is 29.3 Å². The molecule has 2 heterocycles. The molecule has 7 heteroatoms. The molecule has 1 aliphatic rings. The van der Waals surface area contributed by atoms with Crippen LogP contribution in [0.5, 0.6) is 0 Å². The molecule has 0 atom stereocenters. The number of rotatable bonds is 6. The Morgan fingerprint density at radius 1 is 1.10 bits per heavy atom. The Balaban J connectivity index is 1.58. The van der Waals surface area contributed by atoms with E-state index in [0.29, 0.717) is 11.3 Å². The Morgan fingerprint density at radius 3 is 2.48 bits per heavy atom. The predicted octanol–water partition coefficient (Wildman–Crippen LogP) is 4.53. The highest BCUT2D eigenvalue weighted by Gasteiger charge is 2.19. The van der Waals surface area contributed by atoms with Gasteiger partial charge in [-0.25, -0.2) is 4.79 Å². The molecule has 2 aromatic rings. The third-order valence-electron chi connectivity index (χ3n) is 5.20. The second-order valence-electron chi connectivity index (χ2n) is 7.31. The Bertz CT molecular complexity index is 822. The second kappa shape index (κ2) is 10.5. The zero-order valence-corrected chi connectivity index (χ0v) is 17.9. The molecule has 0 aliphatic carbocycles. The number of amides is 1. The lowest BCUT2D eigenvalue weighted by Gasteiger charge is -2.24. The van der Waals surface area contributed by atoms with Crippen LogP contribution < -0.4 is 0 Å². The van der Waals surface area contributed by atoms with Crippen LogP contribution in [-0.4, -0.2) is 41.6 Å². The summed E-state index contributed by atoms with van der Waals surface area (Å²) >= 11 is 1.53. The number of hydrogen-bond donors (Lipinski definition) is 0. The maximum absolute atomic E-state index is 12.6. The summed E-state index contributed by atoms with van der Waals surface area (Å²) in [4.78, 5) is 27.7. The summed E-state index contributed by atoms with van der Waals surface area (Å²) in [5, 5.41) is 3.97. The minimum Gasteiger partial charge on any atom is -0.452 e. The fourth-order valence-corrected chi connectivity index (χ4v) is 4.61. The molecule has 1 aromatic heterocycles. The number of hydrogen-bond acceptors (Lipinski definition) is 6. The first-order chi connectivity index (χ1) is 14.1. The van der Waals surface area contributed by atoms with Crippen LogP contribution in [0.4, 0.5) is 0 Å². The maximum Gasteiger partial charge on any atom is 0.339 e. The van der Waals surface area contributed by atoms with Crippen LogP contribution in [0.25, 0.3) is 0 Å². The first-order valence-electron chi connectivity index (χ1n) is 10.1. The molecule has 0 bridgehead atoms. The molecule has 1 amide bonds. The van der Waals surface area contributed by atoms with E-state index in [4.69, 9.17) is 9.26 Å². The Labute approximate surface area is 176 Å². The summed E-state index contributed by atoms with van der Waals surface area (Å²) in [6, 6.07) is 7.31. The lowest BCUT2D eigenvalue weighted by Crippen LogP contribution is -2.37. The fraction of sp³-hybridized carbons (Fsp3) is 0.500. The summed E-state index contributed by atoms with van der Waals surface area (Å²) in [6.07, 6.45) is 5.57. The van der Waals surface area contributed by atoms with E-state index in [9.17, 15) is 9.59 Å². The van der Waals surface area contributed by atoms with Crippen LogP contribution in [0.1, 0.15) is 59.5 Å². The van der Waals surface area contributed by atoms with E-state index >= 15 is 0 Å². The molecule has 0 N–H and O–H groups in total. The van der Waals surface area contributed by atoms with E-state index in [1.165, 1.54) is 18.2 Å². The minimum absolute atomic E-state index is 0.110. The largest absolute Gasteiger partial charge is 0.452 e. The predicted molar refractivity (Wildman–Crippen MR) is 112 cm³/mol. The van der Waals surface area contributed by atoms with E-state index in [1.807, 2.05) is 30.9 Å². The first-order valence-corrected chi connectivity index (χ1v) is 11.1. The van der Waals surface area contributed by atoms with Gasteiger partial charge < -0.3 is 14.2 Å². The topological polar surface area (TPSA) is 72.6 Å². The molecule has 3 rings (SSSR count). The van der Waals surface area contributed by atoms with Crippen molar-refractivity contribution in [2.24, 2.45) is 0 Å². The van der Waals surface area contributed by atoms with E-state index in [-0.39, 0.29) is 12.5 Å². The molecule has 29 heavy (non-hydrogen) atoms. The van der Waals surface area contributed by atoms with Crippen molar-refractivity contribution >= 4 is 23.6 Å². The average Bonchev–Trinajstić information content (AvgIpc) is 3.02. The summed E-state index contributed by atoms with van der Waals surface area (Å²) in [6.45, 7) is 5.08. The number of thioether (sulfide) groups is 1. The van der Waals surface area contributed by atoms with E-state index in [0.717, 1.165) is 60.7 Å². The highest BCUT2D eigenvalue weighted by Crippen LogP contribution is 2.29. The van der Waals surface area contributed by atoms with Crippen molar-refractivity contribution in [3.05, 3.63) is 46.8 Å². The van der Waals surface area contributed by atoms with Gasteiger partial charge in [0.25, 0.3) is 5.91 Å². The highest BCUT2D eigenvalue weighted by atomic mass is 32.2. The van der Waals surface area contributed by atoms with Gasteiger partial charge in [-0.1, -0.05) is 36.6 Å². The van der Waals surface area contributed by atoms with Crippen molar-refractivity contribution in [1.29, 1.82) is 0 Å². The van der Waals surface area contributed by atoms with Gasteiger partial charge in [0.1, 0.15) is 5.76 Å². The molecule has 0 radical (unpaired) electrons. The first kappa shape index (κ1) is 21.4. The van der Waals surface area contributed by atoms with Crippen molar-refractivity contribution in [3.8, 4) is 0 Å². The lowest BCUT2D eigenvalue weighted by molar-refractivity contribution is -0.134. The van der Waals surface area contributed by atoms with Crippen molar-refractivity contribution in [1.82, 2.24) is 10.1 Å². The fourth-order valence-electron chi connectivity index (χ4n) is 3.41. The van der Waals surface area contributed by atoms with Gasteiger partial charge in [-0.05, 0) is 38.8 Å².